The lowest BCUT2D eigenvalue weighted by molar-refractivity contribution is 0.0697. The number of hydrogen-bond donors (Lipinski definition) is 2. The van der Waals surface area contributed by atoms with Crippen molar-refractivity contribution >= 4 is 11.8 Å². The van der Waals surface area contributed by atoms with Gasteiger partial charge in [0, 0.05) is 0 Å². The molecule has 0 bridgehead atoms. The van der Waals surface area contributed by atoms with Gasteiger partial charge in [0.1, 0.15) is 11.4 Å². The molecule has 0 aliphatic heterocycles. The Kier molecular flexibility index (Phi) is 2.36. The molecule has 0 saturated heterocycles. The summed E-state index contributed by atoms with van der Waals surface area (Å²) in [6, 6.07) is 9.18. The second-order valence-corrected chi connectivity index (χ2v) is 3.40. The second-order valence-electron chi connectivity index (χ2n) is 3.40. The van der Waals surface area contributed by atoms with E-state index >= 15 is 0 Å². The minimum Gasteiger partial charge on any atom is -0.477 e. The van der Waals surface area contributed by atoms with Gasteiger partial charge in [-0.3, -0.25) is 0 Å². The summed E-state index contributed by atoms with van der Waals surface area (Å²) in [6.07, 6.45) is 0. The standard InChI is InChI=1S/C11H11N3O2/c1-7-9(11(15)16)10(12)14(13-7)8-5-3-2-4-6-8/h2-6H,12H2,1H3,(H,15,16). The average Bonchev–Trinajstić information content (AvgIpc) is 2.55. The SMILES string of the molecule is Cc1nn(-c2ccccc2)c(N)c1C(=O)O. The van der Waals surface area contributed by atoms with Crippen LogP contribution in [0.4, 0.5) is 5.82 Å². The lowest BCUT2D eigenvalue weighted by atomic mass is 10.2. The molecular formula is C11H11N3O2. The van der Waals surface area contributed by atoms with Crippen LogP contribution in [-0.4, -0.2) is 20.9 Å². The van der Waals surface area contributed by atoms with Crippen molar-refractivity contribution in [3.05, 3.63) is 41.6 Å². The van der Waals surface area contributed by atoms with E-state index in [2.05, 4.69) is 5.10 Å². The molecule has 2 aromatic rings. The molecule has 0 fully saturated rings. The number of hydrogen-bond acceptors (Lipinski definition) is 3. The predicted molar refractivity (Wildman–Crippen MR) is 59.7 cm³/mol. The fourth-order valence-corrected chi connectivity index (χ4v) is 1.58. The normalized spacial score (nSPS) is 10.3. The number of rotatable bonds is 2. The zero-order chi connectivity index (χ0) is 11.7. The highest BCUT2D eigenvalue weighted by molar-refractivity contribution is 5.94. The molecule has 0 aliphatic rings. The maximum atomic E-state index is 11.0. The van der Waals surface area contributed by atoms with Gasteiger partial charge in [-0.2, -0.15) is 5.10 Å². The second kappa shape index (κ2) is 3.69. The van der Waals surface area contributed by atoms with Gasteiger partial charge in [-0.15, -0.1) is 0 Å². The Balaban J connectivity index is 2.61. The number of aromatic nitrogens is 2. The molecule has 0 atom stereocenters. The molecule has 0 unspecified atom stereocenters. The molecule has 16 heavy (non-hydrogen) atoms. The van der Waals surface area contributed by atoms with Crippen LogP contribution in [0.15, 0.2) is 30.3 Å². The Bertz CT molecular complexity index is 532. The Labute approximate surface area is 92.1 Å². The largest absolute Gasteiger partial charge is 0.477 e. The maximum absolute atomic E-state index is 11.0. The first-order valence-electron chi connectivity index (χ1n) is 4.75. The van der Waals surface area contributed by atoms with Gasteiger partial charge < -0.3 is 10.8 Å². The summed E-state index contributed by atoms with van der Waals surface area (Å²) in [4.78, 5) is 11.0. The van der Waals surface area contributed by atoms with E-state index < -0.39 is 5.97 Å². The number of carbonyl (C=O) groups is 1. The van der Waals surface area contributed by atoms with Crippen LogP contribution in [0.25, 0.3) is 5.69 Å². The lowest BCUT2D eigenvalue weighted by Gasteiger charge is -2.02. The van der Waals surface area contributed by atoms with Gasteiger partial charge >= 0.3 is 5.97 Å². The third-order valence-electron chi connectivity index (χ3n) is 2.31. The molecule has 5 nitrogen and oxygen atoms in total. The first kappa shape index (κ1) is 10.2. The number of anilines is 1. The molecule has 1 aromatic carbocycles. The van der Waals surface area contributed by atoms with Gasteiger partial charge in [-0.25, -0.2) is 9.48 Å². The molecular weight excluding hydrogens is 206 g/mol. The Morgan fingerprint density at radius 1 is 1.38 bits per heavy atom. The molecule has 1 heterocycles. The van der Waals surface area contributed by atoms with Crippen molar-refractivity contribution < 1.29 is 9.90 Å². The topological polar surface area (TPSA) is 81.1 Å². The Morgan fingerprint density at radius 3 is 2.50 bits per heavy atom. The molecule has 5 heteroatoms. The van der Waals surface area contributed by atoms with Crippen molar-refractivity contribution in [1.29, 1.82) is 0 Å². The van der Waals surface area contributed by atoms with E-state index in [0.717, 1.165) is 5.69 Å². The van der Waals surface area contributed by atoms with Gasteiger partial charge in [0.15, 0.2) is 0 Å². The van der Waals surface area contributed by atoms with Crippen molar-refractivity contribution in [3.63, 3.8) is 0 Å². The molecule has 0 amide bonds. The van der Waals surface area contributed by atoms with Crippen molar-refractivity contribution in [1.82, 2.24) is 9.78 Å². The van der Waals surface area contributed by atoms with E-state index in [1.807, 2.05) is 30.3 Å². The Morgan fingerprint density at radius 2 is 2.00 bits per heavy atom. The average molecular weight is 217 g/mol. The molecule has 82 valence electrons. The number of carboxylic acids is 1. The van der Waals surface area contributed by atoms with Gasteiger partial charge in [0.25, 0.3) is 0 Å². The van der Waals surface area contributed by atoms with Crippen LogP contribution in [0.2, 0.25) is 0 Å². The summed E-state index contributed by atoms with van der Waals surface area (Å²) < 4.78 is 1.43. The van der Waals surface area contributed by atoms with Crippen LogP contribution in [0.3, 0.4) is 0 Å². The molecule has 3 N–H and O–H groups in total. The number of nitrogens with zero attached hydrogens (tertiary/aromatic N) is 2. The van der Waals surface area contributed by atoms with Crippen LogP contribution >= 0.6 is 0 Å². The molecule has 0 radical (unpaired) electrons. The fourth-order valence-electron chi connectivity index (χ4n) is 1.58. The van der Waals surface area contributed by atoms with E-state index in [1.165, 1.54) is 4.68 Å². The van der Waals surface area contributed by atoms with E-state index in [4.69, 9.17) is 10.8 Å². The quantitative estimate of drug-likeness (QED) is 0.797. The summed E-state index contributed by atoms with van der Waals surface area (Å²) in [6.45, 7) is 1.62. The fraction of sp³-hybridized carbons (Fsp3) is 0.0909. The summed E-state index contributed by atoms with van der Waals surface area (Å²) in [5, 5.41) is 13.1. The van der Waals surface area contributed by atoms with Crippen LogP contribution in [-0.2, 0) is 0 Å². The van der Waals surface area contributed by atoms with Gasteiger partial charge in [-0.05, 0) is 19.1 Å². The summed E-state index contributed by atoms with van der Waals surface area (Å²) in [5.41, 5.74) is 6.97. The van der Waals surface area contributed by atoms with E-state index in [-0.39, 0.29) is 11.4 Å². The van der Waals surface area contributed by atoms with Crippen molar-refractivity contribution in [2.45, 2.75) is 6.92 Å². The lowest BCUT2D eigenvalue weighted by Crippen LogP contribution is -2.05. The number of aromatic carboxylic acids is 1. The van der Waals surface area contributed by atoms with Crippen LogP contribution in [0.1, 0.15) is 16.1 Å². The highest BCUT2D eigenvalue weighted by atomic mass is 16.4. The highest BCUT2D eigenvalue weighted by Gasteiger charge is 2.19. The van der Waals surface area contributed by atoms with Crippen LogP contribution < -0.4 is 5.73 Å². The number of carboxylic acid groups (broad SMARTS) is 1. The van der Waals surface area contributed by atoms with E-state index in [1.54, 1.807) is 6.92 Å². The van der Waals surface area contributed by atoms with E-state index in [9.17, 15) is 4.79 Å². The monoisotopic (exact) mass is 217 g/mol. The molecule has 0 spiro atoms. The van der Waals surface area contributed by atoms with Gasteiger partial charge in [0.2, 0.25) is 0 Å². The molecule has 0 saturated carbocycles. The smallest absolute Gasteiger partial charge is 0.341 e. The van der Waals surface area contributed by atoms with Gasteiger partial charge in [0.05, 0.1) is 11.4 Å². The van der Waals surface area contributed by atoms with Crippen molar-refractivity contribution in [3.8, 4) is 5.69 Å². The van der Waals surface area contributed by atoms with Crippen molar-refractivity contribution in [2.75, 3.05) is 5.73 Å². The number of aryl methyl sites for hydroxylation is 1. The summed E-state index contributed by atoms with van der Waals surface area (Å²) in [7, 11) is 0. The minimum absolute atomic E-state index is 0.0591. The van der Waals surface area contributed by atoms with Gasteiger partial charge in [-0.1, -0.05) is 18.2 Å². The van der Waals surface area contributed by atoms with Crippen LogP contribution in [0, 0.1) is 6.92 Å². The minimum atomic E-state index is -1.06. The molecule has 1 aromatic heterocycles. The first-order chi connectivity index (χ1) is 7.61. The third kappa shape index (κ3) is 1.52. The maximum Gasteiger partial charge on any atom is 0.341 e. The molecule has 2 rings (SSSR count). The first-order valence-corrected chi connectivity index (χ1v) is 4.75. The Hall–Kier alpha value is -2.30. The van der Waals surface area contributed by atoms with Crippen LogP contribution in [0.5, 0.6) is 0 Å². The number of benzene rings is 1. The summed E-state index contributed by atoms with van der Waals surface area (Å²) >= 11 is 0. The number of nitrogens with two attached hydrogens (primary N) is 1. The number of nitrogen functional groups attached to an aromatic ring is 1. The van der Waals surface area contributed by atoms with Crippen molar-refractivity contribution in [2.24, 2.45) is 0 Å². The third-order valence-corrected chi connectivity index (χ3v) is 2.31. The zero-order valence-electron chi connectivity index (χ0n) is 8.71. The molecule has 0 aliphatic carbocycles. The zero-order valence-corrected chi connectivity index (χ0v) is 8.71. The predicted octanol–water partition coefficient (Wildman–Crippen LogP) is 1.46. The highest BCUT2D eigenvalue weighted by Crippen LogP contribution is 2.20. The number of para-hydroxylation sites is 1. The van der Waals surface area contributed by atoms with E-state index in [0.29, 0.717) is 5.69 Å². The summed E-state index contributed by atoms with van der Waals surface area (Å²) in [5.74, 6) is -0.909.